The number of hydrogen-bond donors (Lipinski definition) is 1. The lowest BCUT2D eigenvalue weighted by Gasteiger charge is -2.01. The molecule has 0 unspecified atom stereocenters. The van der Waals surface area contributed by atoms with Crippen LogP contribution in [-0.2, 0) is 7.05 Å². The molecule has 0 spiro atoms. The fourth-order valence-electron chi connectivity index (χ4n) is 1.05. The normalized spacial score (nSPS) is 10.1. The summed E-state index contributed by atoms with van der Waals surface area (Å²) in [5.74, 6) is -0.0971. The molecule has 78 valence electrons. The number of aryl methyl sites for hydroxylation is 1. The zero-order chi connectivity index (χ0) is 10.4. The lowest BCUT2D eigenvalue weighted by atomic mass is 10.3. The molecule has 0 aromatic carbocycles. The van der Waals surface area contributed by atoms with Crippen molar-refractivity contribution in [3.05, 3.63) is 18.0 Å². The fourth-order valence-corrected chi connectivity index (χ4v) is 1.44. The van der Waals surface area contributed by atoms with Gasteiger partial charge in [0, 0.05) is 25.1 Å². The second kappa shape index (κ2) is 5.80. The van der Waals surface area contributed by atoms with E-state index in [2.05, 4.69) is 26.3 Å². The average Bonchev–Trinajstić information content (AvgIpc) is 2.59. The van der Waals surface area contributed by atoms with Crippen molar-refractivity contribution in [1.82, 2.24) is 15.1 Å². The largest absolute Gasteiger partial charge is 0.351 e. The Kier molecular flexibility index (Phi) is 4.65. The highest BCUT2D eigenvalue weighted by Crippen LogP contribution is 1.95. The van der Waals surface area contributed by atoms with Crippen LogP contribution < -0.4 is 5.32 Å². The summed E-state index contributed by atoms with van der Waals surface area (Å²) in [6.07, 6.45) is 3.82. The first kappa shape index (κ1) is 11.2. The Morgan fingerprint density at radius 1 is 1.64 bits per heavy atom. The van der Waals surface area contributed by atoms with Crippen molar-refractivity contribution in [2.24, 2.45) is 7.05 Å². The van der Waals surface area contributed by atoms with E-state index in [1.54, 1.807) is 24.0 Å². The molecule has 0 radical (unpaired) electrons. The third-order valence-electron chi connectivity index (χ3n) is 1.79. The summed E-state index contributed by atoms with van der Waals surface area (Å²) in [4.78, 5) is 11.4. The Labute approximate surface area is 91.8 Å². The summed E-state index contributed by atoms with van der Waals surface area (Å²) in [7, 11) is 1.79. The van der Waals surface area contributed by atoms with Crippen molar-refractivity contribution >= 4 is 21.8 Å². The van der Waals surface area contributed by atoms with Crippen LogP contribution in [0.2, 0.25) is 0 Å². The van der Waals surface area contributed by atoms with E-state index >= 15 is 0 Å². The molecule has 0 atom stereocenters. The molecule has 0 saturated carbocycles. The standard InChI is InChI=1S/C9H14BrN3O/c1-13-7-4-8(12-13)9(14)11-6-3-2-5-10/h4,7H,2-3,5-6H2,1H3,(H,11,14). The van der Waals surface area contributed by atoms with E-state index < -0.39 is 0 Å². The van der Waals surface area contributed by atoms with Crippen molar-refractivity contribution in [3.8, 4) is 0 Å². The summed E-state index contributed by atoms with van der Waals surface area (Å²) >= 11 is 3.34. The van der Waals surface area contributed by atoms with Gasteiger partial charge in [-0.15, -0.1) is 0 Å². The van der Waals surface area contributed by atoms with E-state index in [0.29, 0.717) is 12.2 Å². The second-order valence-electron chi connectivity index (χ2n) is 3.03. The molecule has 0 bridgehead atoms. The molecule has 1 aromatic heterocycles. The smallest absolute Gasteiger partial charge is 0.271 e. The van der Waals surface area contributed by atoms with E-state index in [0.717, 1.165) is 18.2 Å². The molecule has 1 amide bonds. The molecule has 0 aliphatic carbocycles. The van der Waals surface area contributed by atoms with Gasteiger partial charge in [0.15, 0.2) is 0 Å². The van der Waals surface area contributed by atoms with Crippen LogP contribution >= 0.6 is 15.9 Å². The minimum absolute atomic E-state index is 0.0971. The Hall–Kier alpha value is -0.840. The third-order valence-corrected chi connectivity index (χ3v) is 2.35. The molecule has 0 aliphatic rings. The van der Waals surface area contributed by atoms with Gasteiger partial charge in [-0.1, -0.05) is 15.9 Å². The quantitative estimate of drug-likeness (QED) is 0.641. The summed E-state index contributed by atoms with van der Waals surface area (Å²) < 4.78 is 1.62. The zero-order valence-electron chi connectivity index (χ0n) is 8.16. The van der Waals surface area contributed by atoms with Crippen LogP contribution in [-0.4, -0.2) is 27.6 Å². The first-order valence-corrected chi connectivity index (χ1v) is 5.70. The van der Waals surface area contributed by atoms with Gasteiger partial charge in [0.25, 0.3) is 5.91 Å². The number of unbranched alkanes of at least 4 members (excludes halogenated alkanes) is 1. The molecule has 0 aliphatic heterocycles. The lowest BCUT2D eigenvalue weighted by Crippen LogP contribution is -2.25. The van der Waals surface area contributed by atoms with Crippen molar-refractivity contribution in [3.63, 3.8) is 0 Å². The van der Waals surface area contributed by atoms with E-state index in [-0.39, 0.29) is 5.91 Å². The zero-order valence-corrected chi connectivity index (χ0v) is 9.75. The Bertz CT molecular complexity index is 298. The number of halogens is 1. The van der Waals surface area contributed by atoms with Crippen molar-refractivity contribution in [2.45, 2.75) is 12.8 Å². The first-order chi connectivity index (χ1) is 6.74. The van der Waals surface area contributed by atoms with Crippen LogP contribution in [0.3, 0.4) is 0 Å². The first-order valence-electron chi connectivity index (χ1n) is 4.58. The summed E-state index contributed by atoms with van der Waals surface area (Å²) in [5.41, 5.74) is 0.478. The number of hydrogen-bond acceptors (Lipinski definition) is 2. The molecular weight excluding hydrogens is 246 g/mol. The molecule has 0 saturated heterocycles. The minimum Gasteiger partial charge on any atom is -0.351 e. The summed E-state index contributed by atoms with van der Waals surface area (Å²) in [6.45, 7) is 0.709. The number of carbonyl (C=O) groups is 1. The molecule has 0 fully saturated rings. The van der Waals surface area contributed by atoms with E-state index in [9.17, 15) is 4.79 Å². The van der Waals surface area contributed by atoms with Gasteiger partial charge in [-0.3, -0.25) is 9.48 Å². The predicted octanol–water partition coefficient (Wildman–Crippen LogP) is 1.32. The minimum atomic E-state index is -0.0971. The fraction of sp³-hybridized carbons (Fsp3) is 0.556. The average molecular weight is 260 g/mol. The Morgan fingerprint density at radius 2 is 2.43 bits per heavy atom. The highest BCUT2D eigenvalue weighted by Gasteiger charge is 2.06. The van der Waals surface area contributed by atoms with E-state index in [4.69, 9.17) is 0 Å². The van der Waals surface area contributed by atoms with Crippen LogP contribution in [0, 0.1) is 0 Å². The van der Waals surface area contributed by atoms with Gasteiger partial charge in [0.2, 0.25) is 0 Å². The van der Waals surface area contributed by atoms with Gasteiger partial charge in [0.1, 0.15) is 5.69 Å². The third kappa shape index (κ3) is 3.49. The molecule has 14 heavy (non-hydrogen) atoms. The highest BCUT2D eigenvalue weighted by atomic mass is 79.9. The molecule has 1 rings (SSSR count). The van der Waals surface area contributed by atoms with Gasteiger partial charge in [0.05, 0.1) is 0 Å². The highest BCUT2D eigenvalue weighted by molar-refractivity contribution is 9.09. The van der Waals surface area contributed by atoms with Crippen LogP contribution in [0.4, 0.5) is 0 Å². The van der Waals surface area contributed by atoms with Crippen LogP contribution in [0.15, 0.2) is 12.3 Å². The number of carbonyl (C=O) groups excluding carboxylic acids is 1. The number of rotatable bonds is 5. The number of aromatic nitrogens is 2. The maximum absolute atomic E-state index is 11.4. The summed E-state index contributed by atoms with van der Waals surface area (Å²) in [6, 6.07) is 1.71. The van der Waals surface area contributed by atoms with E-state index in [1.165, 1.54) is 0 Å². The molecule has 1 heterocycles. The molecule has 1 N–H and O–H groups in total. The van der Waals surface area contributed by atoms with Crippen LogP contribution in [0.1, 0.15) is 23.3 Å². The molecule has 1 aromatic rings. The molecular formula is C9H14BrN3O. The number of amides is 1. The molecule has 5 heteroatoms. The van der Waals surface area contributed by atoms with Crippen LogP contribution in [0.5, 0.6) is 0 Å². The summed E-state index contributed by atoms with van der Waals surface area (Å²) in [5, 5.41) is 7.79. The number of nitrogens with zero attached hydrogens (tertiary/aromatic N) is 2. The maximum Gasteiger partial charge on any atom is 0.271 e. The maximum atomic E-state index is 11.4. The monoisotopic (exact) mass is 259 g/mol. The van der Waals surface area contributed by atoms with Gasteiger partial charge in [-0.25, -0.2) is 0 Å². The van der Waals surface area contributed by atoms with Gasteiger partial charge >= 0.3 is 0 Å². The predicted molar refractivity (Wildman–Crippen MR) is 58.6 cm³/mol. The van der Waals surface area contributed by atoms with E-state index in [1.807, 2.05) is 0 Å². The van der Waals surface area contributed by atoms with Gasteiger partial charge in [-0.05, 0) is 18.9 Å². The van der Waals surface area contributed by atoms with Gasteiger partial charge < -0.3 is 5.32 Å². The topological polar surface area (TPSA) is 46.9 Å². The lowest BCUT2D eigenvalue weighted by molar-refractivity contribution is 0.0947. The van der Waals surface area contributed by atoms with Crippen LogP contribution in [0.25, 0.3) is 0 Å². The number of alkyl halides is 1. The number of nitrogens with one attached hydrogen (secondary N) is 1. The van der Waals surface area contributed by atoms with Crippen molar-refractivity contribution in [2.75, 3.05) is 11.9 Å². The van der Waals surface area contributed by atoms with Gasteiger partial charge in [-0.2, -0.15) is 5.10 Å². The Morgan fingerprint density at radius 3 is 3.00 bits per heavy atom. The second-order valence-corrected chi connectivity index (χ2v) is 3.82. The SMILES string of the molecule is Cn1ccc(C(=O)NCCCCBr)n1. The Balaban J connectivity index is 2.29. The van der Waals surface area contributed by atoms with Crippen molar-refractivity contribution < 1.29 is 4.79 Å². The van der Waals surface area contributed by atoms with Crippen molar-refractivity contribution in [1.29, 1.82) is 0 Å². The molecule has 4 nitrogen and oxygen atoms in total.